The number of carbonyl (C=O) groups is 2. The van der Waals surface area contributed by atoms with Crippen molar-refractivity contribution >= 4 is 46.5 Å². The van der Waals surface area contributed by atoms with Crippen LogP contribution in [0.5, 0.6) is 0 Å². The van der Waals surface area contributed by atoms with Gasteiger partial charge in [-0.1, -0.05) is 35.0 Å². The minimum atomic E-state index is -1.02. The predicted molar refractivity (Wildman–Crippen MR) is 77.1 cm³/mol. The van der Waals surface area contributed by atoms with E-state index in [9.17, 15) is 14.7 Å². The van der Waals surface area contributed by atoms with Crippen molar-refractivity contribution in [3.63, 3.8) is 0 Å². The normalized spacial score (nSPS) is 13.1. The van der Waals surface area contributed by atoms with E-state index < -0.39 is 23.8 Å². The quantitative estimate of drug-likeness (QED) is 0.508. The van der Waals surface area contributed by atoms with Gasteiger partial charge in [-0.25, -0.2) is 4.79 Å². The second kappa shape index (κ2) is 8.54. The molecule has 19 heavy (non-hydrogen) atoms. The van der Waals surface area contributed by atoms with Crippen molar-refractivity contribution in [2.75, 3.05) is 6.61 Å². The molecule has 0 bridgehead atoms. The second-order valence-corrected chi connectivity index (χ2v) is 4.79. The standard InChI is InChI=1S/C13H15BrO4.Li.H/c1-3-18-13(17)12(16)8(2)11(15)9-4-6-10(14)7-5-9;;/h4-8,11,15H,3H2,1-2H3;;. The number of hydrogen-bond donors (Lipinski definition) is 1. The van der Waals surface area contributed by atoms with Gasteiger partial charge in [-0.3, -0.25) is 4.79 Å². The first-order chi connectivity index (χ1) is 8.47. The topological polar surface area (TPSA) is 63.6 Å². The maximum atomic E-state index is 11.7. The third-order valence-electron chi connectivity index (χ3n) is 2.58. The number of benzene rings is 1. The van der Waals surface area contributed by atoms with E-state index in [1.807, 2.05) is 0 Å². The summed E-state index contributed by atoms with van der Waals surface area (Å²) in [5, 5.41) is 10.0. The Morgan fingerprint density at radius 1 is 1.32 bits per heavy atom. The van der Waals surface area contributed by atoms with E-state index >= 15 is 0 Å². The molecule has 4 nitrogen and oxygen atoms in total. The van der Waals surface area contributed by atoms with E-state index in [4.69, 9.17) is 0 Å². The monoisotopic (exact) mass is 322 g/mol. The first kappa shape index (κ1) is 18.4. The molecule has 0 saturated heterocycles. The summed E-state index contributed by atoms with van der Waals surface area (Å²) < 4.78 is 5.50. The van der Waals surface area contributed by atoms with E-state index in [0.29, 0.717) is 5.56 Å². The van der Waals surface area contributed by atoms with Gasteiger partial charge in [0.2, 0.25) is 5.78 Å². The molecule has 100 valence electrons. The van der Waals surface area contributed by atoms with Crippen LogP contribution in [0.25, 0.3) is 0 Å². The van der Waals surface area contributed by atoms with Gasteiger partial charge < -0.3 is 9.84 Å². The molecule has 0 amide bonds. The summed E-state index contributed by atoms with van der Waals surface area (Å²) in [6.07, 6.45) is -1.02. The van der Waals surface area contributed by atoms with Crippen LogP contribution >= 0.6 is 15.9 Å². The van der Waals surface area contributed by atoms with Crippen molar-refractivity contribution in [2.24, 2.45) is 5.92 Å². The fourth-order valence-electron chi connectivity index (χ4n) is 1.48. The first-order valence-corrected chi connectivity index (χ1v) is 6.41. The summed E-state index contributed by atoms with van der Waals surface area (Å²) in [7, 11) is 0. The van der Waals surface area contributed by atoms with Crippen LogP contribution in [0.1, 0.15) is 25.5 Å². The van der Waals surface area contributed by atoms with Gasteiger partial charge in [0.05, 0.1) is 18.6 Å². The molecule has 0 heterocycles. The molecule has 0 aromatic heterocycles. The van der Waals surface area contributed by atoms with E-state index in [2.05, 4.69) is 20.7 Å². The number of aliphatic hydroxyl groups excluding tert-OH is 1. The fraction of sp³-hybridized carbons (Fsp3) is 0.385. The number of Topliss-reactive ketones (excluding diaryl/α,β-unsaturated/α-hetero) is 1. The number of esters is 1. The molecule has 0 aliphatic rings. The number of ketones is 1. The average molecular weight is 323 g/mol. The van der Waals surface area contributed by atoms with Gasteiger partial charge in [0, 0.05) is 4.47 Å². The van der Waals surface area contributed by atoms with Crippen molar-refractivity contribution in [1.29, 1.82) is 0 Å². The number of aliphatic hydroxyl groups is 1. The molecular formula is C13H16BrLiO4. The molecule has 0 saturated carbocycles. The zero-order valence-electron chi connectivity index (χ0n) is 10.2. The Hall–Kier alpha value is -0.603. The van der Waals surface area contributed by atoms with Gasteiger partial charge in [0.15, 0.2) is 0 Å². The van der Waals surface area contributed by atoms with Crippen LogP contribution in [0.15, 0.2) is 28.7 Å². The van der Waals surface area contributed by atoms with Gasteiger partial charge in [0.25, 0.3) is 0 Å². The van der Waals surface area contributed by atoms with Crippen molar-refractivity contribution in [3.8, 4) is 0 Å². The van der Waals surface area contributed by atoms with Crippen LogP contribution in [0.3, 0.4) is 0 Å². The van der Waals surface area contributed by atoms with Gasteiger partial charge in [0.1, 0.15) is 0 Å². The van der Waals surface area contributed by atoms with Crippen molar-refractivity contribution in [2.45, 2.75) is 20.0 Å². The van der Waals surface area contributed by atoms with Gasteiger partial charge in [-0.05, 0) is 24.6 Å². The molecule has 6 heteroatoms. The van der Waals surface area contributed by atoms with Crippen LogP contribution in [-0.2, 0) is 14.3 Å². The molecule has 2 unspecified atom stereocenters. The predicted octanol–water partition coefficient (Wildman–Crippen LogP) is 1.60. The van der Waals surface area contributed by atoms with E-state index in [0.717, 1.165) is 4.47 Å². The molecule has 2 atom stereocenters. The van der Waals surface area contributed by atoms with E-state index in [1.165, 1.54) is 6.92 Å². The number of rotatable bonds is 5. The van der Waals surface area contributed by atoms with Crippen molar-refractivity contribution in [3.05, 3.63) is 34.3 Å². The third kappa shape index (κ3) is 5.11. The Morgan fingerprint density at radius 3 is 2.32 bits per heavy atom. The summed E-state index contributed by atoms with van der Waals surface area (Å²) in [6.45, 7) is 3.28. The average Bonchev–Trinajstić information content (AvgIpc) is 2.37. The molecule has 0 aliphatic carbocycles. The number of ether oxygens (including phenoxy) is 1. The molecule has 0 aliphatic heterocycles. The van der Waals surface area contributed by atoms with Gasteiger partial charge in [-0.2, -0.15) is 0 Å². The van der Waals surface area contributed by atoms with Crippen LogP contribution in [0, 0.1) is 5.92 Å². The van der Waals surface area contributed by atoms with Crippen molar-refractivity contribution in [1.82, 2.24) is 0 Å². The Morgan fingerprint density at radius 2 is 1.84 bits per heavy atom. The Labute approximate surface area is 132 Å². The molecule has 1 rings (SSSR count). The van der Waals surface area contributed by atoms with Crippen LogP contribution in [0.4, 0.5) is 0 Å². The number of carbonyl (C=O) groups excluding carboxylic acids is 2. The fourth-order valence-corrected chi connectivity index (χ4v) is 1.74. The van der Waals surface area contributed by atoms with Crippen LogP contribution in [-0.4, -0.2) is 42.3 Å². The summed E-state index contributed by atoms with van der Waals surface area (Å²) in [5.74, 6) is -2.45. The van der Waals surface area contributed by atoms with Crippen LogP contribution in [0.2, 0.25) is 0 Å². The molecule has 1 aromatic carbocycles. The minimum absolute atomic E-state index is 0. The zero-order chi connectivity index (χ0) is 13.7. The number of halogens is 1. The summed E-state index contributed by atoms with van der Waals surface area (Å²) in [4.78, 5) is 23.0. The van der Waals surface area contributed by atoms with Gasteiger partial charge >= 0.3 is 24.8 Å². The third-order valence-corrected chi connectivity index (χ3v) is 3.10. The zero-order valence-corrected chi connectivity index (χ0v) is 11.8. The summed E-state index contributed by atoms with van der Waals surface area (Å²) in [6, 6.07) is 6.92. The molecular weight excluding hydrogens is 307 g/mol. The molecule has 1 aromatic rings. The second-order valence-electron chi connectivity index (χ2n) is 3.87. The van der Waals surface area contributed by atoms with Crippen molar-refractivity contribution < 1.29 is 19.4 Å². The van der Waals surface area contributed by atoms with Gasteiger partial charge in [-0.15, -0.1) is 0 Å². The first-order valence-electron chi connectivity index (χ1n) is 5.61. The maximum absolute atomic E-state index is 11.7. The molecule has 0 fully saturated rings. The van der Waals surface area contributed by atoms with E-state index in [1.54, 1.807) is 31.2 Å². The van der Waals surface area contributed by atoms with E-state index in [-0.39, 0.29) is 25.5 Å². The molecule has 0 spiro atoms. The Kier molecular flexibility index (Phi) is 8.27. The molecule has 1 N–H and O–H groups in total. The number of hydrogen-bond acceptors (Lipinski definition) is 4. The Bertz CT molecular complexity index is 433. The van der Waals surface area contributed by atoms with Crippen LogP contribution < -0.4 is 0 Å². The SMILES string of the molecule is CCOC(=O)C(=O)C(C)C(O)c1ccc(Br)cc1.[LiH]. The summed E-state index contributed by atoms with van der Waals surface area (Å²) in [5.41, 5.74) is 0.586. The summed E-state index contributed by atoms with van der Waals surface area (Å²) >= 11 is 3.28. The Balaban J connectivity index is 0.00000324. The molecule has 0 radical (unpaired) electrons.